The topological polar surface area (TPSA) is 97.6 Å². The second-order valence-electron chi connectivity index (χ2n) is 4.37. The number of aromatic nitrogens is 5. The van der Waals surface area contributed by atoms with Crippen molar-refractivity contribution >= 4 is 63.2 Å². The van der Waals surface area contributed by atoms with Gasteiger partial charge in [-0.25, -0.2) is 10.1 Å². The number of pyridine rings is 1. The number of halogens is 1. The maximum atomic E-state index is 12.5. The molecule has 1 N–H and O–H groups in total. The monoisotopic (exact) mass is 323 g/mol. The van der Waals surface area contributed by atoms with Crippen LogP contribution in [0.1, 0.15) is 0 Å². The molecule has 0 saturated carbocycles. The van der Waals surface area contributed by atoms with Gasteiger partial charge in [-0.1, -0.05) is 11.6 Å². The van der Waals surface area contributed by atoms with Gasteiger partial charge < -0.3 is 4.42 Å². The van der Waals surface area contributed by atoms with E-state index < -0.39 is 0 Å². The van der Waals surface area contributed by atoms with E-state index in [9.17, 15) is 4.79 Å². The first-order valence-electron chi connectivity index (χ1n) is 5.99. The third kappa shape index (κ3) is 2.32. The Labute approximate surface area is 150 Å². The normalized spacial score (nSPS) is 10.8. The van der Waals surface area contributed by atoms with Crippen molar-refractivity contribution in [2.75, 3.05) is 0 Å². The minimum atomic E-state index is -0.199. The fraction of sp³-hybridized carbons (Fsp3) is 0. The molecule has 3 aromatic heterocycles. The summed E-state index contributed by atoms with van der Waals surface area (Å²) >= 11 is 6.21. The van der Waals surface area contributed by atoms with E-state index in [1.165, 1.54) is 0 Å². The number of hydrogen-bond acceptors (Lipinski definition) is 6. The molecule has 0 saturated heterocycles. The van der Waals surface area contributed by atoms with E-state index in [0.29, 0.717) is 32.8 Å². The van der Waals surface area contributed by atoms with E-state index in [4.69, 9.17) is 16.0 Å². The molecule has 0 fully saturated rings. The Bertz CT molecular complexity index is 1030. The van der Waals surface area contributed by atoms with Gasteiger partial charge in [0.25, 0.3) is 0 Å². The molecule has 1 aromatic carbocycles. The van der Waals surface area contributed by atoms with Crippen LogP contribution in [0, 0.1) is 0 Å². The van der Waals surface area contributed by atoms with Gasteiger partial charge in [-0.15, -0.1) is 5.10 Å². The van der Waals surface area contributed by atoms with Crippen molar-refractivity contribution in [3.05, 3.63) is 45.7 Å². The Hall–Kier alpha value is -1.80. The molecule has 4 rings (SSSR count). The first-order valence-corrected chi connectivity index (χ1v) is 6.37. The average Bonchev–Trinajstić information content (AvgIpc) is 3.03. The van der Waals surface area contributed by atoms with E-state index in [-0.39, 0.29) is 40.7 Å². The van der Waals surface area contributed by atoms with Crippen molar-refractivity contribution in [2.45, 2.75) is 0 Å². The van der Waals surface area contributed by atoms with Crippen molar-refractivity contribution in [3.63, 3.8) is 0 Å². The number of tetrazole rings is 1. The molecule has 0 aliphatic rings. The standard InChI is InChI=1S/C13H6ClN5O2.Na.H/c14-9-5-6(12-16-18-19-17-12)4-8-10(20)7-2-1-3-15-13(7)21-11(8)9;;/h1-5H,(H,16,17,18,19);;. The summed E-state index contributed by atoms with van der Waals surface area (Å²) in [6.45, 7) is 0. The zero-order chi connectivity index (χ0) is 14.4. The van der Waals surface area contributed by atoms with Gasteiger partial charge in [0.1, 0.15) is 0 Å². The van der Waals surface area contributed by atoms with Crippen LogP contribution < -0.4 is 5.43 Å². The van der Waals surface area contributed by atoms with Crippen LogP contribution in [0.5, 0.6) is 0 Å². The summed E-state index contributed by atoms with van der Waals surface area (Å²) in [5.41, 5.74) is 0.957. The van der Waals surface area contributed by atoms with Gasteiger partial charge in [-0.2, -0.15) is 0 Å². The van der Waals surface area contributed by atoms with Gasteiger partial charge in [-0.3, -0.25) is 4.79 Å². The van der Waals surface area contributed by atoms with Gasteiger partial charge in [0.2, 0.25) is 11.1 Å². The van der Waals surface area contributed by atoms with Gasteiger partial charge in [0, 0.05) is 11.8 Å². The van der Waals surface area contributed by atoms with E-state index in [2.05, 4.69) is 25.6 Å². The predicted octanol–water partition coefficient (Wildman–Crippen LogP) is 1.53. The van der Waals surface area contributed by atoms with Crippen LogP contribution in [0.2, 0.25) is 5.02 Å². The van der Waals surface area contributed by atoms with E-state index in [1.807, 2.05) is 0 Å². The summed E-state index contributed by atoms with van der Waals surface area (Å²) in [4.78, 5) is 16.6. The summed E-state index contributed by atoms with van der Waals surface area (Å²) in [5.74, 6) is 0.421. The minimum absolute atomic E-state index is 0. The van der Waals surface area contributed by atoms with Gasteiger partial charge in [-0.05, 0) is 34.7 Å². The fourth-order valence-corrected chi connectivity index (χ4v) is 2.43. The van der Waals surface area contributed by atoms with E-state index in [0.717, 1.165) is 0 Å². The van der Waals surface area contributed by atoms with Crippen LogP contribution in [0.25, 0.3) is 33.5 Å². The molecule has 7 nitrogen and oxygen atoms in total. The molecular weight excluding hydrogens is 317 g/mol. The molecule has 4 aromatic rings. The summed E-state index contributed by atoms with van der Waals surface area (Å²) in [6, 6.07) is 6.60. The van der Waals surface area contributed by atoms with Crippen LogP contribution in [0.15, 0.2) is 39.7 Å². The average molecular weight is 324 g/mol. The second kappa shape index (κ2) is 5.77. The molecular formula is C13H7ClN5NaO2. The fourth-order valence-electron chi connectivity index (χ4n) is 2.17. The molecule has 0 aliphatic carbocycles. The Morgan fingerprint density at radius 1 is 1.23 bits per heavy atom. The van der Waals surface area contributed by atoms with Gasteiger partial charge >= 0.3 is 29.6 Å². The SMILES string of the molecule is O=c1c2cccnc2oc2c(Cl)cc(-c3nnn[nH]3)cc12.[NaH]. The third-order valence-electron chi connectivity index (χ3n) is 3.12. The van der Waals surface area contributed by atoms with Crippen LogP contribution in [0.4, 0.5) is 0 Å². The summed E-state index contributed by atoms with van der Waals surface area (Å²) < 4.78 is 5.63. The number of nitrogens with one attached hydrogen (secondary N) is 1. The van der Waals surface area contributed by atoms with Crippen molar-refractivity contribution < 1.29 is 4.42 Å². The van der Waals surface area contributed by atoms with E-state index >= 15 is 0 Å². The molecule has 9 heteroatoms. The zero-order valence-corrected chi connectivity index (χ0v) is 11.1. The van der Waals surface area contributed by atoms with Crippen LogP contribution in [-0.4, -0.2) is 55.2 Å². The number of aromatic amines is 1. The Balaban J connectivity index is 0.00000144. The number of benzene rings is 1. The van der Waals surface area contributed by atoms with E-state index in [1.54, 1.807) is 30.5 Å². The molecule has 0 amide bonds. The summed E-state index contributed by atoms with van der Waals surface area (Å²) in [6.07, 6.45) is 1.56. The van der Waals surface area contributed by atoms with Crippen LogP contribution in [0.3, 0.4) is 0 Å². The molecule has 22 heavy (non-hydrogen) atoms. The van der Waals surface area contributed by atoms with Crippen molar-refractivity contribution in [3.8, 4) is 11.4 Å². The molecule has 0 unspecified atom stereocenters. The molecule has 104 valence electrons. The number of fused-ring (bicyclic) bond motifs is 2. The summed E-state index contributed by atoms with van der Waals surface area (Å²) in [7, 11) is 0. The van der Waals surface area contributed by atoms with Crippen molar-refractivity contribution in [1.29, 1.82) is 0 Å². The van der Waals surface area contributed by atoms with Crippen LogP contribution in [-0.2, 0) is 0 Å². The molecule has 0 radical (unpaired) electrons. The number of hydrogen-bond donors (Lipinski definition) is 1. The quantitative estimate of drug-likeness (QED) is 0.421. The molecule has 0 bridgehead atoms. The number of nitrogens with zero attached hydrogens (tertiary/aromatic N) is 4. The maximum absolute atomic E-state index is 12.5. The second-order valence-corrected chi connectivity index (χ2v) is 4.78. The van der Waals surface area contributed by atoms with Gasteiger partial charge in [0.15, 0.2) is 11.4 Å². The Morgan fingerprint density at radius 2 is 2.09 bits per heavy atom. The Morgan fingerprint density at radius 3 is 2.86 bits per heavy atom. The summed E-state index contributed by atoms with van der Waals surface area (Å²) in [5, 5.41) is 14.5. The first kappa shape index (κ1) is 15.1. The zero-order valence-electron chi connectivity index (χ0n) is 10.4. The number of rotatable bonds is 1. The predicted molar refractivity (Wildman–Crippen MR) is 83.1 cm³/mol. The molecule has 3 heterocycles. The molecule has 0 spiro atoms. The number of H-pyrrole nitrogens is 1. The van der Waals surface area contributed by atoms with Crippen molar-refractivity contribution in [1.82, 2.24) is 25.6 Å². The first-order chi connectivity index (χ1) is 10.2. The molecule has 0 atom stereocenters. The Kier molecular flexibility index (Phi) is 3.96. The van der Waals surface area contributed by atoms with Gasteiger partial charge in [0.05, 0.1) is 15.8 Å². The van der Waals surface area contributed by atoms with Crippen molar-refractivity contribution in [2.24, 2.45) is 0 Å². The third-order valence-corrected chi connectivity index (χ3v) is 3.40. The van der Waals surface area contributed by atoms with Crippen LogP contribution >= 0.6 is 11.6 Å². The molecule has 0 aliphatic heterocycles.